The number of esters is 1. The van der Waals surface area contributed by atoms with Crippen LogP contribution in [0.2, 0.25) is 0 Å². The van der Waals surface area contributed by atoms with Crippen LogP contribution in [0, 0.1) is 0 Å². The summed E-state index contributed by atoms with van der Waals surface area (Å²) < 4.78 is 5.51. The van der Waals surface area contributed by atoms with Gasteiger partial charge < -0.3 is 10.1 Å². The van der Waals surface area contributed by atoms with Gasteiger partial charge in [0.05, 0.1) is 28.9 Å². The Labute approximate surface area is 221 Å². The summed E-state index contributed by atoms with van der Waals surface area (Å²) in [7, 11) is 0. The van der Waals surface area contributed by atoms with E-state index in [1.54, 1.807) is 0 Å². The van der Waals surface area contributed by atoms with E-state index in [1.165, 1.54) is 21.8 Å². The number of amides is 1. The van der Waals surface area contributed by atoms with Crippen molar-refractivity contribution in [1.82, 2.24) is 4.98 Å². The molecule has 0 atom stereocenters. The summed E-state index contributed by atoms with van der Waals surface area (Å²) >= 11 is 1.51. The fourth-order valence-electron chi connectivity index (χ4n) is 4.95. The van der Waals surface area contributed by atoms with Gasteiger partial charge in [-0.05, 0) is 61.8 Å². The van der Waals surface area contributed by atoms with Crippen molar-refractivity contribution in [3.63, 3.8) is 0 Å². The Kier molecular flexibility index (Phi) is 7.65. The zero-order chi connectivity index (χ0) is 25.8. The number of nitrogens with zero attached hydrogens (tertiary/aromatic N) is 1. The Bertz CT molecular complexity index is 1440. The zero-order valence-corrected chi connectivity index (χ0v) is 22.2. The van der Waals surface area contributed by atoms with E-state index in [0.29, 0.717) is 22.7 Å². The summed E-state index contributed by atoms with van der Waals surface area (Å²) in [5.41, 5.74) is 5.88. The molecule has 2 heterocycles. The zero-order valence-electron chi connectivity index (χ0n) is 21.4. The summed E-state index contributed by atoms with van der Waals surface area (Å²) in [4.78, 5) is 32.8. The number of nitrogens with one attached hydrogen (secondary N) is 1. The third kappa shape index (κ3) is 5.30. The standard InChI is InChI=1S/C31H32N2O3S/c1-3-9-20-14-16-21(17-15-20)26-19-24(22-10-5-7-12-25(22)32-26)29(34)33-30-28(31(35)36-18-4-2)23-11-6-8-13-27(23)37-30/h5,7,10,12,14-17,19H,3-4,6,8-9,11,13,18H2,1-2H3,(H,33,34). The van der Waals surface area contributed by atoms with E-state index in [1.807, 2.05) is 37.3 Å². The molecule has 1 N–H and O–H groups in total. The lowest BCUT2D eigenvalue weighted by molar-refractivity contribution is 0.0505. The van der Waals surface area contributed by atoms with E-state index in [-0.39, 0.29) is 11.9 Å². The first-order chi connectivity index (χ1) is 18.1. The highest BCUT2D eigenvalue weighted by atomic mass is 32.1. The highest BCUT2D eigenvalue weighted by molar-refractivity contribution is 7.17. The second kappa shape index (κ2) is 11.3. The average Bonchev–Trinajstić information content (AvgIpc) is 3.29. The van der Waals surface area contributed by atoms with Crippen molar-refractivity contribution in [2.75, 3.05) is 11.9 Å². The van der Waals surface area contributed by atoms with Gasteiger partial charge in [0.15, 0.2) is 0 Å². The van der Waals surface area contributed by atoms with Crippen LogP contribution in [0.5, 0.6) is 0 Å². The third-order valence-electron chi connectivity index (χ3n) is 6.79. The normalized spacial score (nSPS) is 12.8. The van der Waals surface area contributed by atoms with Crippen molar-refractivity contribution < 1.29 is 14.3 Å². The maximum absolute atomic E-state index is 13.8. The third-order valence-corrected chi connectivity index (χ3v) is 8.00. The molecule has 190 valence electrons. The predicted molar refractivity (Wildman–Crippen MR) is 151 cm³/mol. The van der Waals surface area contributed by atoms with E-state index < -0.39 is 0 Å². The molecule has 37 heavy (non-hydrogen) atoms. The SMILES string of the molecule is CCCOC(=O)c1c(NC(=O)c2cc(-c3ccc(CCC)cc3)nc3ccccc23)sc2c1CCCC2. The summed E-state index contributed by atoms with van der Waals surface area (Å²) in [6, 6.07) is 17.9. The van der Waals surface area contributed by atoms with Crippen LogP contribution in [-0.2, 0) is 24.0 Å². The van der Waals surface area contributed by atoms with Gasteiger partial charge in [-0.15, -0.1) is 11.3 Å². The van der Waals surface area contributed by atoms with Gasteiger partial charge in [-0.2, -0.15) is 0 Å². The second-order valence-electron chi connectivity index (χ2n) is 9.52. The van der Waals surface area contributed by atoms with E-state index >= 15 is 0 Å². The predicted octanol–water partition coefficient (Wildman–Crippen LogP) is 7.61. The maximum Gasteiger partial charge on any atom is 0.341 e. The number of benzene rings is 2. The maximum atomic E-state index is 13.8. The van der Waals surface area contributed by atoms with E-state index in [0.717, 1.165) is 72.7 Å². The number of hydrogen-bond acceptors (Lipinski definition) is 5. The lowest BCUT2D eigenvalue weighted by Gasteiger charge is -2.13. The van der Waals surface area contributed by atoms with Gasteiger partial charge in [0.1, 0.15) is 5.00 Å². The molecule has 1 amide bonds. The Morgan fingerprint density at radius 2 is 1.78 bits per heavy atom. The van der Waals surface area contributed by atoms with E-state index in [9.17, 15) is 9.59 Å². The number of carbonyl (C=O) groups is 2. The average molecular weight is 513 g/mol. The lowest BCUT2D eigenvalue weighted by atomic mass is 9.95. The molecule has 0 saturated heterocycles. The fraction of sp³-hybridized carbons (Fsp3) is 0.323. The Balaban J connectivity index is 1.53. The molecule has 0 aliphatic heterocycles. The first kappa shape index (κ1) is 25.2. The molecule has 5 nitrogen and oxygen atoms in total. The number of hydrogen-bond donors (Lipinski definition) is 1. The Morgan fingerprint density at radius 1 is 1.00 bits per heavy atom. The molecule has 1 aliphatic carbocycles. The number of rotatable bonds is 8. The van der Waals surface area contributed by atoms with Crippen molar-refractivity contribution in [2.24, 2.45) is 0 Å². The number of para-hydroxylation sites is 1. The molecule has 0 spiro atoms. The number of fused-ring (bicyclic) bond motifs is 2. The van der Waals surface area contributed by atoms with Crippen LogP contribution in [0.25, 0.3) is 22.2 Å². The number of ether oxygens (including phenoxy) is 1. The first-order valence-corrected chi connectivity index (χ1v) is 14.0. The lowest BCUT2D eigenvalue weighted by Crippen LogP contribution is -2.16. The van der Waals surface area contributed by atoms with Gasteiger partial charge in [-0.1, -0.05) is 62.7 Å². The van der Waals surface area contributed by atoms with Gasteiger partial charge in [0, 0.05) is 15.8 Å². The minimum Gasteiger partial charge on any atom is -0.462 e. The Morgan fingerprint density at radius 3 is 2.57 bits per heavy atom. The highest BCUT2D eigenvalue weighted by Gasteiger charge is 2.28. The fourth-order valence-corrected chi connectivity index (χ4v) is 6.22. The molecule has 0 radical (unpaired) electrons. The minimum absolute atomic E-state index is 0.245. The number of aromatic nitrogens is 1. The van der Waals surface area contributed by atoms with Crippen LogP contribution in [0.3, 0.4) is 0 Å². The monoisotopic (exact) mass is 512 g/mol. The quantitative estimate of drug-likeness (QED) is 0.247. The molecule has 0 bridgehead atoms. The van der Waals surface area contributed by atoms with Crippen LogP contribution in [-0.4, -0.2) is 23.5 Å². The van der Waals surface area contributed by atoms with Gasteiger partial charge in [0.2, 0.25) is 0 Å². The first-order valence-electron chi connectivity index (χ1n) is 13.2. The van der Waals surface area contributed by atoms with Crippen LogP contribution in [0.1, 0.15) is 76.3 Å². The van der Waals surface area contributed by atoms with Crippen LogP contribution >= 0.6 is 11.3 Å². The molecule has 4 aromatic rings. The van der Waals surface area contributed by atoms with Crippen molar-refractivity contribution in [3.05, 3.63) is 81.7 Å². The second-order valence-corrected chi connectivity index (χ2v) is 10.6. The number of pyridine rings is 1. The smallest absolute Gasteiger partial charge is 0.341 e. The molecule has 1 aliphatic rings. The van der Waals surface area contributed by atoms with Crippen molar-refractivity contribution in [1.29, 1.82) is 0 Å². The molecular formula is C31H32N2O3S. The molecule has 0 saturated carbocycles. The minimum atomic E-state index is -0.344. The van der Waals surface area contributed by atoms with Gasteiger partial charge >= 0.3 is 5.97 Å². The number of carbonyl (C=O) groups excluding carboxylic acids is 2. The number of anilines is 1. The molecule has 6 heteroatoms. The number of aryl methyl sites for hydroxylation is 2. The van der Waals surface area contributed by atoms with E-state index in [4.69, 9.17) is 9.72 Å². The van der Waals surface area contributed by atoms with Crippen LogP contribution in [0.15, 0.2) is 54.6 Å². The van der Waals surface area contributed by atoms with E-state index in [2.05, 4.69) is 36.5 Å². The van der Waals surface area contributed by atoms with Crippen molar-refractivity contribution in [3.8, 4) is 11.3 Å². The molecule has 5 rings (SSSR count). The molecule has 2 aromatic heterocycles. The van der Waals surface area contributed by atoms with Gasteiger partial charge in [-0.25, -0.2) is 9.78 Å². The summed E-state index contributed by atoms with van der Waals surface area (Å²) in [5.74, 6) is -0.588. The summed E-state index contributed by atoms with van der Waals surface area (Å²) in [6.45, 7) is 4.51. The molecule has 2 aromatic carbocycles. The van der Waals surface area contributed by atoms with Crippen LogP contribution in [0.4, 0.5) is 5.00 Å². The summed E-state index contributed by atoms with van der Waals surface area (Å²) in [5, 5.41) is 4.46. The van der Waals surface area contributed by atoms with Gasteiger partial charge in [0.25, 0.3) is 5.91 Å². The highest BCUT2D eigenvalue weighted by Crippen LogP contribution is 2.39. The topological polar surface area (TPSA) is 68.3 Å². The summed E-state index contributed by atoms with van der Waals surface area (Å²) in [6.07, 6.45) is 6.80. The van der Waals surface area contributed by atoms with Crippen molar-refractivity contribution >= 4 is 39.1 Å². The van der Waals surface area contributed by atoms with Crippen molar-refractivity contribution in [2.45, 2.75) is 58.8 Å². The Hall–Kier alpha value is -3.51. The molecule has 0 fully saturated rings. The molecular weight excluding hydrogens is 480 g/mol. The van der Waals surface area contributed by atoms with Gasteiger partial charge in [-0.3, -0.25) is 4.79 Å². The molecule has 0 unspecified atom stereocenters. The van der Waals surface area contributed by atoms with Crippen LogP contribution < -0.4 is 5.32 Å². The largest absolute Gasteiger partial charge is 0.462 e. The number of thiophene rings is 1.